The molecule has 2 nitrogen and oxygen atoms in total. The molecular formula is C28H29ClF2N2. The second-order valence-corrected chi connectivity index (χ2v) is 10.3. The first-order valence-corrected chi connectivity index (χ1v) is 12.3. The van der Waals surface area contributed by atoms with Crippen LogP contribution in [0.15, 0.2) is 43.0 Å². The van der Waals surface area contributed by atoms with Crippen molar-refractivity contribution in [3.05, 3.63) is 70.9 Å². The van der Waals surface area contributed by atoms with Crippen LogP contribution >= 0.6 is 11.6 Å². The Kier molecular flexibility index (Phi) is 6.13. The number of nitrogens with one attached hydrogen (secondary N) is 1. The number of nitrogens with zero attached hydrogens (tertiary/aromatic N) is 1. The number of aromatic amines is 1. The van der Waals surface area contributed by atoms with Gasteiger partial charge in [-0.05, 0) is 91.7 Å². The summed E-state index contributed by atoms with van der Waals surface area (Å²) in [5.74, 6) is 0.602. The molecule has 0 radical (unpaired) electrons. The number of hydrogen-bond acceptors (Lipinski definition) is 1. The Bertz CT molecular complexity index is 1220. The monoisotopic (exact) mass is 466 g/mol. The highest BCUT2D eigenvalue weighted by Gasteiger charge is 2.24. The molecule has 1 saturated carbocycles. The Morgan fingerprint density at radius 1 is 1.15 bits per heavy atom. The first kappa shape index (κ1) is 22.3. The van der Waals surface area contributed by atoms with Crippen molar-refractivity contribution in [2.24, 2.45) is 17.8 Å². The number of hydrogen-bond donors (Lipinski definition) is 1. The van der Waals surface area contributed by atoms with Gasteiger partial charge in [-0.3, -0.25) is 0 Å². The van der Waals surface area contributed by atoms with Crippen LogP contribution in [-0.2, 0) is 6.42 Å². The Balaban J connectivity index is 1.46. The number of H-pyrrole nitrogens is 1. The summed E-state index contributed by atoms with van der Waals surface area (Å²) in [6, 6.07) is 6.53. The van der Waals surface area contributed by atoms with Gasteiger partial charge < -0.3 is 4.98 Å². The Labute approximate surface area is 198 Å². The quantitative estimate of drug-likeness (QED) is 0.375. The normalized spacial score (nSPS) is 23.2. The predicted molar refractivity (Wildman–Crippen MR) is 132 cm³/mol. The molecule has 2 aromatic heterocycles. The predicted octanol–water partition coefficient (Wildman–Crippen LogP) is 8.51. The molecule has 0 aliphatic heterocycles. The van der Waals surface area contributed by atoms with Crippen molar-refractivity contribution >= 4 is 28.2 Å². The third-order valence-electron chi connectivity index (χ3n) is 7.36. The Morgan fingerprint density at radius 2 is 1.94 bits per heavy atom. The zero-order chi connectivity index (χ0) is 23.1. The zero-order valence-corrected chi connectivity index (χ0v) is 19.7. The highest BCUT2D eigenvalue weighted by atomic mass is 35.5. The van der Waals surface area contributed by atoms with E-state index in [0.717, 1.165) is 48.4 Å². The number of halogens is 3. The van der Waals surface area contributed by atoms with E-state index in [2.05, 4.69) is 29.5 Å². The molecule has 172 valence electrons. The van der Waals surface area contributed by atoms with E-state index >= 15 is 8.78 Å². The molecule has 0 amide bonds. The van der Waals surface area contributed by atoms with E-state index in [9.17, 15) is 0 Å². The molecule has 1 fully saturated rings. The highest BCUT2D eigenvalue weighted by Crippen LogP contribution is 2.38. The van der Waals surface area contributed by atoms with Gasteiger partial charge in [0.05, 0.1) is 27.3 Å². The lowest BCUT2D eigenvalue weighted by Crippen LogP contribution is -2.03. The van der Waals surface area contributed by atoms with E-state index in [1.54, 1.807) is 6.07 Å². The molecular weight excluding hydrogens is 438 g/mol. The van der Waals surface area contributed by atoms with Gasteiger partial charge >= 0.3 is 0 Å². The minimum Gasteiger partial charge on any atom is -0.357 e. The number of rotatable bonds is 5. The molecule has 2 aliphatic carbocycles. The van der Waals surface area contributed by atoms with Gasteiger partial charge in [0.25, 0.3) is 0 Å². The Hall–Kier alpha value is -2.46. The summed E-state index contributed by atoms with van der Waals surface area (Å²) in [4.78, 5) is 7.97. The lowest BCUT2D eigenvalue weighted by atomic mass is 9.86. The summed E-state index contributed by atoms with van der Waals surface area (Å²) in [5.41, 5.74) is 4.12. The number of allylic oxidation sites excluding steroid dienone is 3. The van der Waals surface area contributed by atoms with Crippen LogP contribution in [0.1, 0.15) is 56.7 Å². The average molecular weight is 467 g/mol. The van der Waals surface area contributed by atoms with Gasteiger partial charge in [-0.25, -0.2) is 13.8 Å². The Morgan fingerprint density at radius 3 is 2.58 bits per heavy atom. The maximum atomic E-state index is 15.2. The van der Waals surface area contributed by atoms with Gasteiger partial charge in [-0.15, -0.1) is 6.58 Å². The fraction of sp³-hybridized carbons (Fsp3) is 0.393. The number of pyridine rings is 1. The van der Waals surface area contributed by atoms with Crippen LogP contribution in [0, 0.1) is 29.4 Å². The topological polar surface area (TPSA) is 28.7 Å². The molecule has 0 bridgehead atoms. The van der Waals surface area contributed by atoms with Gasteiger partial charge in [0.15, 0.2) is 0 Å². The lowest BCUT2D eigenvalue weighted by Gasteiger charge is -2.19. The average Bonchev–Trinajstić information content (AvgIpc) is 3.38. The van der Waals surface area contributed by atoms with Gasteiger partial charge in [-0.2, -0.15) is 0 Å². The van der Waals surface area contributed by atoms with Crippen molar-refractivity contribution in [1.29, 1.82) is 0 Å². The highest BCUT2D eigenvalue weighted by molar-refractivity contribution is 6.33. The van der Waals surface area contributed by atoms with Crippen LogP contribution in [0.4, 0.5) is 8.78 Å². The molecule has 3 atom stereocenters. The summed E-state index contributed by atoms with van der Waals surface area (Å²) < 4.78 is 30.4. The molecule has 33 heavy (non-hydrogen) atoms. The van der Waals surface area contributed by atoms with Crippen molar-refractivity contribution in [3.8, 4) is 11.3 Å². The van der Waals surface area contributed by atoms with E-state index in [0.29, 0.717) is 22.9 Å². The zero-order valence-electron chi connectivity index (χ0n) is 18.9. The number of benzene rings is 1. The van der Waals surface area contributed by atoms with Gasteiger partial charge in [-0.1, -0.05) is 37.1 Å². The summed E-state index contributed by atoms with van der Waals surface area (Å²) in [7, 11) is 0. The summed E-state index contributed by atoms with van der Waals surface area (Å²) >= 11 is 6.46. The van der Waals surface area contributed by atoms with Crippen LogP contribution in [0.3, 0.4) is 0 Å². The maximum Gasteiger partial charge on any atom is 0.136 e. The van der Waals surface area contributed by atoms with Crippen LogP contribution in [0.5, 0.6) is 0 Å². The summed E-state index contributed by atoms with van der Waals surface area (Å²) in [5, 5.41) is 0.238. The molecule has 1 N–H and O–H groups in total. The first-order valence-electron chi connectivity index (χ1n) is 11.9. The SMILES string of the molecule is C=CC1CC=C(c2cc(F)c(-c3nc4cc(CC5CCC(C)C5)[nH]c4cc3Cl)c(F)c2)CC1. The summed E-state index contributed by atoms with van der Waals surface area (Å²) in [6.45, 7) is 6.15. The first-order chi connectivity index (χ1) is 15.9. The molecule has 2 heterocycles. The number of aromatic nitrogens is 2. The van der Waals surface area contributed by atoms with Crippen molar-refractivity contribution in [3.63, 3.8) is 0 Å². The molecule has 1 aromatic carbocycles. The fourth-order valence-corrected chi connectivity index (χ4v) is 5.76. The van der Waals surface area contributed by atoms with E-state index < -0.39 is 11.6 Å². The molecule has 2 aliphatic rings. The van der Waals surface area contributed by atoms with Crippen LogP contribution < -0.4 is 0 Å². The second kappa shape index (κ2) is 9.06. The number of fused-ring (bicyclic) bond motifs is 1. The van der Waals surface area contributed by atoms with Crippen LogP contribution in [0.25, 0.3) is 27.9 Å². The molecule has 3 unspecified atom stereocenters. The van der Waals surface area contributed by atoms with Gasteiger partial charge in [0, 0.05) is 5.69 Å². The van der Waals surface area contributed by atoms with Crippen molar-refractivity contribution in [1.82, 2.24) is 9.97 Å². The van der Waals surface area contributed by atoms with Crippen molar-refractivity contribution in [2.75, 3.05) is 0 Å². The minimum atomic E-state index is -0.638. The minimum absolute atomic E-state index is 0.148. The van der Waals surface area contributed by atoms with Gasteiger partial charge in [0.2, 0.25) is 0 Å². The van der Waals surface area contributed by atoms with E-state index in [4.69, 9.17) is 11.6 Å². The smallest absolute Gasteiger partial charge is 0.136 e. The van der Waals surface area contributed by atoms with Crippen molar-refractivity contribution in [2.45, 2.75) is 51.9 Å². The molecule has 3 aromatic rings. The lowest BCUT2D eigenvalue weighted by molar-refractivity contribution is 0.509. The molecule has 5 rings (SSSR count). The molecule has 5 heteroatoms. The van der Waals surface area contributed by atoms with E-state index in [1.165, 1.54) is 31.4 Å². The van der Waals surface area contributed by atoms with Crippen LogP contribution in [-0.4, -0.2) is 9.97 Å². The standard InChI is InChI=1S/C28H29ClF2N2/c1-3-17-6-8-19(9-7-17)20-12-23(30)27(24(31)13-20)28-22(29)15-26-25(33-28)14-21(32-26)11-18-5-4-16(2)10-18/h3,8,12-18,32H,1,4-7,9-11H2,2H3. The maximum absolute atomic E-state index is 15.2. The third-order valence-corrected chi connectivity index (χ3v) is 7.65. The largest absolute Gasteiger partial charge is 0.357 e. The van der Waals surface area contributed by atoms with E-state index in [-0.39, 0.29) is 16.3 Å². The fourth-order valence-electron chi connectivity index (χ4n) is 5.51. The van der Waals surface area contributed by atoms with Gasteiger partial charge in [0.1, 0.15) is 11.6 Å². The molecule has 0 saturated heterocycles. The van der Waals surface area contributed by atoms with E-state index in [1.807, 2.05) is 12.1 Å². The second-order valence-electron chi connectivity index (χ2n) is 9.85. The third kappa shape index (κ3) is 4.50. The summed E-state index contributed by atoms with van der Waals surface area (Å²) in [6.07, 6.45) is 11.3. The van der Waals surface area contributed by atoms with Crippen molar-refractivity contribution < 1.29 is 8.78 Å². The van der Waals surface area contributed by atoms with Crippen LogP contribution in [0.2, 0.25) is 5.02 Å². The molecule has 0 spiro atoms.